The minimum absolute atomic E-state index is 0.0553. The number of hydrogen-bond acceptors (Lipinski definition) is 3. The van der Waals surface area contributed by atoms with Gasteiger partial charge in [0.25, 0.3) is 5.91 Å². The number of benzene rings is 1. The van der Waals surface area contributed by atoms with Gasteiger partial charge in [0.15, 0.2) is 0 Å². The van der Waals surface area contributed by atoms with Crippen LogP contribution in [0.3, 0.4) is 0 Å². The van der Waals surface area contributed by atoms with Crippen molar-refractivity contribution in [1.29, 1.82) is 0 Å². The van der Waals surface area contributed by atoms with Crippen molar-refractivity contribution in [3.63, 3.8) is 0 Å². The van der Waals surface area contributed by atoms with Crippen molar-refractivity contribution in [1.82, 2.24) is 0 Å². The smallest absolute Gasteiger partial charge is 0.250 e. The van der Waals surface area contributed by atoms with Crippen LogP contribution in [0, 0.1) is 5.82 Å². The molecule has 0 heterocycles. The summed E-state index contributed by atoms with van der Waals surface area (Å²) in [6, 6.07) is 2.56. The van der Waals surface area contributed by atoms with E-state index in [0.29, 0.717) is 0 Å². The Morgan fingerprint density at radius 2 is 2.19 bits per heavy atom. The van der Waals surface area contributed by atoms with Gasteiger partial charge in [0.05, 0.1) is 11.3 Å². The Morgan fingerprint density at radius 3 is 2.69 bits per heavy atom. The molecule has 1 rings (SSSR count). The van der Waals surface area contributed by atoms with Crippen LogP contribution in [0.5, 0.6) is 0 Å². The Hall–Kier alpha value is -1.78. The Kier molecular flexibility index (Phi) is 3.71. The van der Waals surface area contributed by atoms with Gasteiger partial charge in [-0.25, -0.2) is 4.39 Å². The third-order valence-corrected chi connectivity index (χ3v) is 2.42. The van der Waals surface area contributed by atoms with Crippen molar-refractivity contribution >= 4 is 17.3 Å². The molecule has 4 nitrogen and oxygen atoms in total. The van der Waals surface area contributed by atoms with E-state index in [0.717, 1.165) is 12.5 Å². The van der Waals surface area contributed by atoms with Gasteiger partial charge in [-0.3, -0.25) is 4.79 Å². The van der Waals surface area contributed by atoms with E-state index in [1.165, 1.54) is 6.07 Å². The maximum Gasteiger partial charge on any atom is 0.250 e. The lowest BCUT2D eigenvalue weighted by molar-refractivity contribution is 0.100. The number of nitrogens with one attached hydrogen (secondary N) is 1. The van der Waals surface area contributed by atoms with Gasteiger partial charge < -0.3 is 16.8 Å². The topological polar surface area (TPSA) is 81.1 Å². The van der Waals surface area contributed by atoms with E-state index in [1.807, 2.05) is 13.8 Å². The molecule has 0 saturated heterocycles. The monoisotopic (exact) mass is 225 g/mol. The highest BCUT2D eigenvalue weighted by molar-refractivity contribution is 5.99. The Labute approximate surface area is 93.8 Å². The number of hydrogen-bond donors (Lipinski definition) is 3. The Morgan fingerprint density at radius 1 is 1.56 bits per heavy atom. The summed E-state index contributed by atoms with van der Waals surface area (Å²) in [5.74, 6) is -1.15. The van der Waals surface area contributed by atoms with Crippen molar-refractivity contribution in [2.24, 2.45) is 5.73 Å². The molecule has 0 spiro atoms. The maximum absolute atomic E-state index is 13.5. The zero-order valence-corrected chi connectivity index (χ0v) is 9.38. The van der Waals surface area contributed by atoms with E-state index in [9.17, 15) is 9.18 Å². The number of halogens is 1. The summed E-state index contributed by atoms with van der Waals surface area (Å²) in [7, 11) is 0. The minimum atomic E-state index is -0.662. The second-order valence-electron chi connectivity index (χ2n) is 3.74. The van der Waals surface area contributed by atoms with E-state index in [2.05, 4.69) is 5.32 Å². The van der Waals surface area contributed by atoms with Crippen molar-refractivity contribution < 1.29 is 9.18 Å². The molecule has 1 amide bonds. The zero-order valence-electron chi connectivity index (χ0n) is 9.38. The van der Waals surface area contributed by atoms with E-state index >= 15 is 0 Å². The van der Waals surface area contributed by atoms with Gasteiger partial charge in [-0.2, -0.15) is 0 Å². The molecular weight excluding hydrogens is 209 g/mol. The second kappa shape index (κ2) is 4.83. The van der Waals surface area contributed by atoms with E-state index in [1.54, 1.807) is 0 Å². The van der Waals surface area contributed by atoms with Crippen LogP contribution in [-0.2, 0) is 0 Å². The fourth-order valence-corrected chi connectivity index (χ4v) is 1.28. The molecule has 5 N–H and O–H groups in total. The van der Waals surface area contributed by atoms with Gasteiger partial charge in [-0.05, 0) is 25.5 Å². The molecule has 88 valence electrons. The lowest BCUT2D eigenvalue weighted by Crippen LogP contribution is -2.18. The molecule has 0 bridgehead atoms. The zero-order chi connectivity index (χ0) is 12.3. The number of nitrogen functional groups attached to an aromatic ring is 1. The van der Waals surface area contributed by atoms with E-state index < -0.39 is 11.7 Å². The molecule has 0 fully saturated rings. The first-order chi connectivity index (χ1) is 7.45. The number of nitrogens with two attached hydrogens (primary N) is 2. The summed E-state index contributed by atoms with van der Waals surface area (Å²) in [5.41, 5.74) is 11.0. The molecule has 0 aromatic heterocycles. The van der Waals surface area contributed by atoms with Crippen LogP contribution in [-0.4, -0.2) is 11.9 Å². The van der Waals surface area contributed by atoms with Gasteiger partial charge in [0.1, 0.15) is 5.82 Å². The number of carbonyl (C=O) groups is 1. The minimum Gasteiger partial charge on any atom is -0.398 e. The normalized spacial score (nSPS) is 12.2. The Balaban J connectivity index is 3.09. The molecule has 5 heteroatoms. The lowest BCUT2D eigenvalue weighted by atomic mass is 10.1. The quantitative estimate of drug-likeness (QED) is 0.682. The van der Waals surface area contributed by atoms with Gasteiger partial charge in [0, 0.05) is 11.7 Å². The van der Waals surface area contributed by atoms with Crippen LogP contribution in [0.1, 0.15) is 30.6 Å². The van der Waals surface area contributed by atoms with E-state index in [-0.39, 0.29) is 23.0 Å². The maximum atomic E-state index is 13.5. The second-order valence-corrected chi connectivity index (χ2v) is 3.74. The molecule has 1 unspecified atom stereocenters. The third-order valence-electron chi connectivity index (χ3n) is 2.42. The van der Waals surface area contributed by atoms with Crippen LogP contribution in [0.4, 0.5) is 15.8 Å². The number of amides is 1. The lowest BCUT2D eigenvalue weighted by Gasteiger charge is -2.15. The van der Waals surface area contributed by atoms with Crippen LogP contribution in [0.25, 0.3) is 0 Å². The highest BCUT2D eigenvalue weighted by atomic mass is 19.1. The Bertz CT molecular complexity index is 406. The van der Waals surface area contributed by atoms with E-state index in [4.69, 9.17) is 11.5 Å². The summed E-state index contributed by atoms with van der Waals surface area (Å²) in [6.45, 7) is 3.89. The predicted molar refractivity (Wildman–Crippen MR) is 62.7 cm³/mol. The van der Waals surface area contributed by atoms with Gasteiger partial charge in [0.2, 0.25) is 0 Å². The number of primary amides is 1. The van der Waals surface area contributed by atoms with Crippen LogP contribution >= 0.6 is 0 Å². The molecule has 1 aromatic carbocycles. The average Bonchev–Trinajstić information content (AvgIpc) is 2.21. The number of carbonyl (C=O) groups excluding carboxylic acids is 1. The summed E-state index contributed by atoms with van der Waals surface area (Å²) >= 11 is 0. The first-order valence-electron chi connectivity index (χ1n) is 5.11. The largest absolute Gasteiger partial charge is 0.398 e. The first kappa shape index (κ1) is 12.3. The highest BCUT2D eigenvalue weighted by Crippen LogP contribution is 2.22. The van der Waals surface area contributed by atoms with Crippen molar-refractivity contribution in [3.05, 3.63) is 23.5 Å². The average molecular weight is 225 g/mol. The molecule has 0 aliphatic rings. The fourth-order valence-electron chi connectivity index (χ4n) is 1.28. The van der Waals surface area contributed by atoms with Gasteiger partial charge >= 0.3 is 0 Å². The van der Waals surface area contributed by atoms with Crippen LogP contribution in [0.2, 0.25) is 0 Å². The molecular formula is C11H16FN3O. The SMILES string of the molecule is CCC(C)Nc1cc(C(N)=O)c(N)cc1F. The fraction of sp³-hybridized carbons (Fsp3) is 0.364. The van der Waals surface area contributed by atoms with Crippen molar-refractivity contribution in [3.8, 4) is 0 Å². The molecule has 0 saturated carbocycles. The third kappa shape index (κ3) is 2.62. The number of anilines is 2. The molecule has 1 aromatic rings. The van der Waals surface area contributed by atoms with Gasteiger partial charge in [-0.15, -0.1) is 0 Å². The summed E-state index contributed by atoms with van der Waals surface area (Å²) in [5, 5.41) is 2.94. The molecule has 1 atom stereocenters. The van der Waals surface area contributed by atoms with Crippen molar-refractivity contribution in [2.45, 2.75) is 26.3 Å². The standard InChI is InChI=1S/C11H16FN3O/c1-3-6(2)15-10-4-7(11(14)16)9(13)5-8(10)12/h4-6,15H,3,13H2,1-2H3,(H2,14,16). The molecule has 0 radical (unpaired) electrons. The van der Waals surface area contributed by atoms with Crippen molar-refractivity contribution in [2.75, 3.05) is 11.1 Å². The van der Waals surface area contributed by atoms with Crippen LogP contribution < -0.4 is 16.8 Å². The molecule has 16 heavy (non-hydrogen) atoms. The number of rotatable bonds is 4. The van der Waals surface area contributed by atoms with Crippen LogP contribution in [0.15, 0.2) is 12.1 Å². The predicted octanol–water partition coefficient (Wildman–Crippen LogP) is 1.72. The summed E-state index contributed by atoms with van der Waals surface area (Å²) < 4.78 is 13.5. The van der Waals surface area contributed by atoms with Gasteiger partial charge in [-0.1, -0.05) is 6.92 Å². The highest BCUT2D eigenvalue weighted by Gasteiger charge is 2.12. The molecule has 0 aliphatic heterocycles. The summed E-state index contributed by atoms with van der Waals surface area (Å²) in [6.07, 6.45) is 0.843. The summed E-state index contributed by atoms with van der Waals surface area (Å²) in [4.78, 5) is 11.0. The first-order valence-corrected chi connectivity index (χ1v) is 5.11. The molecule has 0 aliphatic carbocycles.